The number of nitrogens with zero attached hydrogens (tertiary/aromatic N) is 1. The van der Waals surface area contributed by atoms with E-state index in [2.05, 4.69) is 0 Å². The third-order valence-corrected chi connectivity index (χ3v) is 2.06. The Morgan fingerprint density at radius 1 is 1.50 bits per heavy atom. The number of rotatable bonds is 2. The van der Waals surface area contributed by atoms with E-state index in [4.69, 9.17) is 5.11 Å². The quantitative estimate of drug-likeness (QED) is 0.575. The van der Waals surface area contributed by atoms with Gasteiger partial charge in [0.15, 0.2) is 0 Å². The largest absolute Gasteiger partial charge is 0.389 e. The molecule has 0 unspecified atom stereocenters. The Morgan fingerprint density at radius 2 is 2.00 bits per heavy atom. The Morgan fingerprint density at radius 3 is 2.33 bits per heavy atom. The summed E-state index contributed by atoms with van der Waals surface area (Å²) in [5, 5.41) is 18.3. The molecule has 0 aromatic heterocycles. The molecule has 2 N–H and O–H groups in total. The Bertz CT molecular complexity index is 175. The zero-order chi connectivity index (χ0) is 9.30. The van der Waals surface area contributed by atoms with Crippen LogP contribution in [0.1, 0.15) is 13.8 Å². The lowest BCUT2D eigenvalue weighted by molar-refractivity contribution is -0.152. The molecular formula is C8H15NO3. The maximum absolute atomic E-state index is 11.3. The predicted molar refractivity (Wildman–Crippen MR) is 43.4 cm³/mol. The van der Waals surface area contributed by atoms with Gasteiger partial charge in [-0.1, -0.05) is 13.8 Å². The van der Waals surface area contributed by atoms with Gasteiger partial charge in [-0.05, 0) is 5.92 Å². The molecule has 1 rings (SSSR count). The van der Waals surface area contributed by atoms with Crippen LogP contribution in [0, 0.1) is 5.92 Å². The van der Waals surface area contributed by atoms with Gasteiger partial charge in [0.25, 0.3) is 5.91 Å². The van der Waals surface area contributed by atoms with Gasteiger partial charge < -0.3 is 15.1 Å². The molecule has 1 heterocycles. The van der Waals surface area contributed by atoms with E-state index in [0.717, 1.165) is 0 Å². The second kappa shape index (κ2) is 3.41. The standard InChI is InChI=1S/C8H15NO3/c1-5(2)7(11)8(12)9-3-6(10)4-9/h5-7,10-11H,3-4H2,1-2H3/t7-/m1/s1. The number of hydrogen-bond acceptors (Lipinski definition) is 3. The first-order valence-corrected chi connectivity index (χ1v) is 4.17. The van der Waals surface area contributed by atoms with Crippen molar-refractivity contribution in [2.24, 2.45) is 5.92 Å². The highest BCUT2D eigenvalue weighted by molar-refractivity contribution is 5.81. The number of likely N-dealkylation sites (tertiary alicyclic amines) is 1. The lowest BCUT2D eigenvalue weighted by Crippen LogP contribution is -2.57. The van der Waals surface area contributed by atoms with E-state index in [0.29, 0.717) is 13.1 Å². The highest BCUT2D eigenvalue weighted by Gasteiger charge is 2.33. The Balaban J connectivity index is 2.38. The third kappa shape index (κ3) is 1.76. The maximum Gasteiger partial charge on any atom is 0.251 e. The van der Waals surface area contributed by atoms with Crippen molar-refractivity contribution in [3.05, 3.63) is 0 Å². The molecule has 4 heteroatoms. The highest BCUT2D eigenvalue weighted by atomic mass is 16.3. The van der Waals surface area contributed by atoms with Crippen LogP contribution in [0.2, 0.25) is 0 Å². The summed E-state index contributed by atoms with van der Waals surface area (Å²) in [6, 6.07) is 0. The smallest absolute Gasteiger partial charge is 0.251 e. The molecule has 0 spiro atoms. The third-order valence-electron chi connectivity index (χ3n) is 2.06. The van der Waals surface area contributed by atoms with Crippen LogP contribution >= 0.6 is 0 Å². The number of carbonyl (C=O) groups is 1. The van der Waals surface area contributed by atoms with Crippen molar-refractivity contribution >= 4 is 5.91 Å². The monoisotopic (exact) mass is 173 g/mol. The average molecular weight is 173 g/mol. The van der Waals surface area contributed by atoms with E-state index in [1.807, 2.05) is 0 Å². The van der Waals surface area contributed by atoms with Crippen LogP contribution in [-0.2, 0) is 4.79 Å². The molecule has 0 aromatic rings. The lowest BCUT2D eigenvalue weighted by Gasteiger charge is -2.37. The van der Waals surface area contributed by atoms with Crippen molar-refractivity contribution in [1.82, 2.24) is 4.90 Å². The van der Waals surface area contributed by atoms with Crippen molar-refractivity contribution < 1.29 is 15.0 Å². The molecule has 1 aliphatic heterocycles. The van der Waals surface area contributed by atoms with Crippen molar-refractivity contribution in [2.45, 2.75) is 26.1 Å². The first-order valence-electron chi connectivity index (χ1n) is 4.17. The van der Waals surface area contributed by atoms with E-state index in [1.165, 1.54) is 4.90 Å². The van der Waals surface area contributed by atoms with Crippen molar-refractivity contribution in [3.63, 3.8) is 0 Å². The molecule has 0 aliphatic carbocycles. The SMILES string of the molecule is CC(C)[C@@H](O)C(=O)N1CC(O)C1. The Hall–Kier alpha value is -0.610. The number of aliphatic hydroxyl groups excluding tert-OH is 2. The van der Waals surface area contributed by atoms with Gasteiger partial charge >= 0.3 is 0 Å². The van der Waals surface area contributed by atoms with Crippen LogP contribution in [-0.4, -0.2) is 46.3 Å². The molecule has 1 aliphatic rings. The Kier molecular flexibility index (Phi) is 2.69. The van der Waals surface area contributed by atoms with Crippen molar-refractivity contribution in [3.8, 4) is 0 Å². The summed E-state index contributed by atoms with van der Waals surface area (Å²) in [6.07, 6.45) is -1.31. The number of β-amino-alcohol motifs (C(OH)–C–C–N with tert-alkyl or cyclic N) is 1. The minimum absolute atomic E-state index is 0.0600. The summed E-state index contributed by atoms with van der Waals surface area (Å²) in [6.45, 7) is 4.31. The number of carbonyl (C=O) groups excluding carboxylic acids is 1. The fourth-order valence-electron chi connectivity index (χ4n) is 1.11. The second-order valence-electron chi connectivity index (χ2n) is 3.59. The van der Waals surface area contributed by atoms with Crippen LogP contribution in [0.5, 0.6) is 0 Å². The topological polar surface area (TPSA) is 60.8 Å². The summed E-state index contributed by atoms with van der Waals surface area (Å²) in [7, 11) is 0. The molecule has 0 saturated carbocycles. The van der Waals surface area contributed by atoms with Gasteiger partial charge in [0.1, 0.15) is 6.10 Å². The van der Waals surface area contributed by atoms with Gasteiger partial charge in [0.2, 0.25) is 0 Å². The maximum atomic E-state index is 11.3. The molecule has 0 aromatic carbocycles. The van der Waals surface area contributed by atoms with Gasteiger partial charge in [-0.25, -0.2) is 0 Å². The van der Waals surface area contributed by atoms with Crippen LogP contribution in [0.25, 0.3) is 0 Å². The number of aliphatic hydroxyl groups is 2. The van der Waals surface area contributed by atoms with E-state index < -0.39 is 12.2 Å². The van der Waals surface area contributed by atoms with Crippen molar-refractivity contribution in [1.29, 1.82) is 0 Å². The van der Waals surface area contributed by atoms with Gasteiger partial charge in [-0.2, -0.15) is 0 Å². The zero-order valence-electron chi connectivity index (χ0n) is 7.40. The molecule has 70 valence electrons. The van der Waals surface area contributed by atoms with Crippen LogP contribution in [0.15, 0.2) is 0 Å². The predicted octanol–water partition coefficient (Wildman–Crippen LogP) is -0.794. The van der Waals surface area contributed by atoms with E-state index in [9.17, 15) is 9.90 Å². The number of amides is 1. The average Bonchev–Trinajstić information content (AvgIpc) is 1.95. The molecule has 0 radical (unpaired) electrons. The second-order valence-corrected chi connectivity index (χ2v) is 3.59. The van der Waals surface area contributed by atoms with Crippen LogP contribution in [0.3, 0.4) is 0 Å². The van der Waals surface area contributed by atoms with Crippen LogP contribution in [0.4, 0.5) is 0 Å². The fourth-order valence-corrected chi connectivity index (χ4v) is 1.11. The molecular weight excluding hydrogens is 158 g/mol. The normalized spacial score (nSPS) is 20.9. The van der Waals surface area contributed by atoms with Gasteiger partial charge in [-0.3, -0.25) is 4.79 Å². The molecule has 1 atom stereocenters. The summed E-state index contributed by atoms with van der Waals surface area (Å²) in [5.74, 6) is -0.328. The van der Waals surface area contributed by atoms with Gasteiger partial charge in [0.05, 0.1) is 6.10 Å². The summed E-state index contributed by atoms with van der Waals surface area (Å²) in [5.41, 5.74) is 0. The summed E-state index contributed by atoms with van der Waals surface area (Å²) < 4.78 is 0. The minimum atomic E-state index is -0.919. The molecule has 12 heavy (non-hydrogen) atoms. The summed E-state index contributed by atoms with van der Waals surface area (Å²) >= 11 is 0. The lowest BCUT2D eigenvalue weighted by atomic mass is 10.0. The molecule has 4 nitrogen and oxygen atoms in total. The molecule has 1 fully saturated rings. The summed E-state index contributed by atoms with van der Waals surface area (Å²) in [4.78, 5) is 12.7. The zero-order valence-corrected chi connectivity index (χ0v) is 7.40. The van der Waals surface area contributed by atoms with E-state index in [-0.39, 0.29) is 11.8 Å². The number of hydrogen-bond donors (Lipinski definition) is 2. The first-order chi connectivity index (χ1) is 5.52. The van der Waals surface area contributed by atoms with Crippen molar-refractivity contribution in [2.75, 3.05) is 13.1 Å². The van der Waals surface area contributed by atoms with Crippen LogP contribution < -0.4 is 0 Å². The highest BCUT2D eigenvalue weighted by Crippen LogP contribution is 2.12. The van der Waals surface area contributed by atoms with Gasteiger partial charge in [-0.15, -0.1) is 0 Å². The first kappa shape index (κ1) is 9.48. The molecule has 1 saturated heterocycles. The van der Waals surface area contributed by atoms with Gasteiger partial charge in [0, 0.05) is 13.1 Å². The van der Waals surface area contributed by atoms with E-state index in [1.54, 1.807) is 13.8 Å². The Labute approximate surface area is 71.8 Å². The molecule has 0 bridgehead atoms. The molecule has 1 amide bonds. The fraction of sp³-hybridized carbons (Fsp3) is 0.875. The van der Waals surface area contributed by atoms with E-state index >= 15 is 0 Å². The minimum Gasteiger partial charge on any atom is -0.389 e.